The Morgan fingerprint density at radius 3 is 2.55 bits per heavy atom. The van der Waals surface area contributed by atoms with Crippen molar-refractivity contribution < 1.29 is 18.4 Å². The molecule has 114 valence electrons. The van der Waals surface area contributed by atoms with E-state index in [1.165, 1.54) is 0 Å². The molecule has 2 aromatic rings. The highest BCUT2D eigenvalue weighted by molar-refractivity contribution is 5.44. The van der Waals surface area contributed by atoms with E-state index in [1.807, 2.05) is 0 Å². The predicted octanol–water partition coefficient (Wildman–Crippen LogP) is 0.757. The summed E-state index contributed by atoms with van der Waals surface area (Å²) in [6.07, 6.45) is -1.88. The van der Waals surface area contributed by atoms with Crippen LogP contribution in [0.3, 0.4) is 0 Å². The van der Waals surface area contributed by atoms with E-state index >= 15 is 0 Å². The normalized spacial score (nSPS) is 19.5. The van der Waals surface area contributed by atoms with Crippen LogP contribution in [0.5, 0.6) is 5.88 Å². The molecule has 3 N–H and O–H groups in total. The van der Waals surface area contributed by atoms with Crippen LogP contribution in [0.2, 0.25) is 0 Å². The lowest BCUT2D eigenvalue weighted by atomic mass is 9.92. The third kappa shape index (κ3) is 1.96. The van der Waals surface area contributed by atoms with Crippen LogP contribution in [0.25, 0.3) is 0 Å². The lowest BCUT2D eigenvalue weighted by molar-refractivity contribution is -0.562. The van der Waals surface area contributed by atoms with Crippen molar-refractivity contribution in [1.29, 1.82) is 0 Å². The number of nitrogens with zero attached hydrogens (tertiary/aromatic N) is 2. The van der Waals surface area contributed by atoms with Crippen LogP contribution in [0.15, 0.2) is 23.0 Å². The molecule has 0 unspecified atom stereocenters. The summed E-state index contributed by atoms with van der Waals surface area (Å²) >= 11 is 0. The molecular weight excluding hydrogens is 302 g/mol. The second kappa shape index (κ2) is 4.76. The second-order valence-electron chi connectivity index (χ2n) is 4.58. The zero-order valence-corrected chi connectivity index (χ0v) is 10.7. The molecule has 0 amide bonds. The van der Waals surface area contributed by atoms with E-state index in [9.17, 15) is 23.7 Å². The first-order valence-corrected chi connectivity index (χ1v) is 6.04. The number of fused-ring (bicyclic) bond motifs is 1. The quantitative estimate of drug-likeness (QED) is 0.623. The van der Waals surface area contributed by atoms with Crippen molar-refractivity contribution >= 4 is 5.95 Å². The number of anilines is 1. The summed E-state index contributed by atoms with van der Waals surface area (Å²) in [4.78, 5) is 28.0. The van der Waals surface area contributed by atoms with E-state index < -0.39 is 45.7 Å². The number of rotatable bonds is 2. The fourth-order valence-electron chi connectivity index (χ4n) is 2.43. The van der Waals surface area contributed by atoms with Crippen LogP contribution < -0.4 is 16.0 Å². The van der Waals surface area contributed by atoms with E-state index in [4.69, 9.17) is 10.5 Å². The van der Waals surface area contributed by atoms with Gasteiger partial charge in [-0.05, 0) is 12.1 Å². The molecule has 1 aromatic heterocycles. The van der Waals surface area contributed by atoms with Gasteiger partial charge in [-0.2, -0.15) is 4.98 Å². The maximum atomic E-state index is 14.0. The minimum absolute atomic E-state index is 0.319. The Hall–Kier alpha value is -3.04. The molecule has 1 aliphatic heterocycles. The summed E-state index contributed by atoms with van der Waals surface area (Å²) in [5, 5.41) is 11.1. The summed E-state index contributed by atoms with van der Waals surface area (Å²) in [5.74, 6) is -4.34. The molecule has 0 saturated carbocycles. The number of hydrogen-bond donors (Lipinski definition) is 2. The average Bonchev–Trinajstić information content (AvgIpc) is 2.78. The van der Waals surface area contributed by atoms with E-state index in [2.05, 4.69) is 9.97 Å². The van der Waals surface area contributed by atoms with Crippen LogP contribution in [-0.4, -0.2) is 21.1 Å². The molecule has 1 aromatic carbocycles. The summed E-state index contributed by atoms with van der Waals surface area (Å²) < 4.78 is 32.9. The number of hydrogen-bond acceptors (Lipinski definition) is 6. The number of benzene rings is 1. The third-order valence-corrected chi connectivity index (χ3v) is 3.29. The number of aromatic nitrogens is 2. The van der Waals surface area contributed by atoms with Crippen LogP contribution in [0.1, 0.15) is 17.0 Å². The van der Waals surface area contributed by atoms with Gasteiger partial charge in [-0.25, -0.2) is 8.78 Å². The van der Waals surface area contributed by atoms with Crippen molar-refractivity contribution in [2.75, 3.05) is 5.73 Å². The largest absolute Gasteiger partial charge is 0.411 e. The van der Waals surface area contributed by atoms with Crippen molar-refractivity contribution in [3.8, 4) is 5.88 Å². The van der Waals surface area contributed by atoms with Gasteiger partial charge in [0.25, 0.3) is 5.56 Å². The summed E-state index contributed by atoms with van der Waals surface area (Å²) in [6.45, 7) is 0. The maximum absolute atomic E-state index is 14.0. The standard InChI is InChI=1S/C12H8F2N4O4/c13-4-2-1-3-5(14)6(4)7-8-9(19)16-12(15)17-10(8)22-11(7)18(20)21/h1-3,7,11H,(H3,15,16,17,19)/t7-,11-/m1/s1. The molecule has 0 spiro atoms. The number of nitrogen functional groups attached to an aromatic ring is 1. The Morgan fingerprint density at radius 1 is 1.32 bits per heavy atom. The average molecular weight is 310 g/mol. The number of aromatic amines is 1. The molecule has 0 saturated heterocycles. The summed E-state index contributed by atoms with van der Waals surface area (Å²) in [6, 6.07) is 2.98. The minimum atomic E-state index is -1.88. The molecule has 22 heavy (non-hydrogen) atoms. The minimum Gasteiger partial charge on any atom is -0.411 e. The first-order valence-electron chi connectivity index (χ1n) is 6.04. The molecule has 8 nitrogen and oxygen atoms in total. The SMILES string of the molecule is Nc1nc2c(c(=O)[nH]1)[C@@H](c1c(F)cccc1F)[C@H]([N+](=O)[O-])O2. The number of ether oxygens (including phenoxy) is 1. The van der Waals surface area contributed by atoms with Crippen LogP contribution in [0.4, 0.5) is 14.7 Å². The topological polar surface area (TPSA) is 124 Å². The zero-order chi connectivity index (χ0) is 16.0. The van der Waals surface area contributed by atoms with Crippen molar-refractivity contribution in [3.05, 3.63) is 61.4 Å². The second-order valence-corrected chi connectivity index (χ2v) is 4.58. The number of H-pyrrole nitrogens is 1. The van der Waals surface area contributed by atoms with Crippen molar-refractivity contribution in [2.24, 2.45) is 0 Å². The van der Waals surface area contributed by atoms with E-state index in [1.54, 1.807) is 0 Å². The van der Waals surface area contributed by atoms with Gasteiger partial charge in [-0.3, -0.25) is 19.9 Å². The highest BCUT2D eigenvalue weighted by Crippen LogP contribution is 2.41. The van der Waals surface area contributed by atoms with Crippen LogP contribution in [-0.2, 0) is 0 Å². The maximum Gasteiger partial charge on any atom is 0.366 e. The van der Waals surface area contributed by atoms with Crippen LogP contribution >= 0.6 is 0 Å². The molecule has 2 atom stereocenters. The fraction of sp³-hybridized carbons (Fsp3) is 0.167. The van der Waals surface area contributed by atoms with Gasteiger partial charge in [0.1, 0.15) is 17.6 Å². The number of nitrogens with one attached hydrogen (secondary N) is 1. The Bertz CT molecular complexity index is 818. The van der Waals surface area contributed by atoms with Gasteiger partial charge in [0.05, 0.1) is 10.5 Å². The van der Waals surface area contributed by atoms with Crippen molar-refractivity contribution in [1.82, 2.24) is 9.97 Å². The monoisotopic (exact) mass is 310 g/mol. The van der Waals surface area contributed by atoms with Gasteiger partial charge in [0.15, 0.2) is 0 Å². The Kier molecular flexibility index (Phi) is 3.01. The van der Waals surface area contributed by atoms with Crippen molar-refractivity contribution in [2.45, 2.75) is 12.1 Å². The van der Waals surface area contributed by atoms with Crippen LogP contribution in [0, 0.1) is 21.7 Å². The smallest absolute Gasteiger partial charge is 0.366 e. The molecule has 10 heteroatoms. The molecule has 0 bridgehead atoms. The Morgan fingerprint density at radius 2 is 1.95 bits per heavy atom. The molecule has 1 aliphatic rings. The highest BCUT2D eigenvalue weighted by atomic mass is 19.1. The molecular formula is C12H8F2N4O4. The van der Waals surface area contributed by atoms with Gasteiger partial charge in [0, 0.05) is 5.56 Å². The van der Waals surface area contributed by atoms with E-state index in [0.29, 0.717) is 0 Å². The number of halogens is 2. The zero-order valence-electron chi connectivity index (χ0n) is 10.7. The third-order valence-electron chi connectivity index (χ3n) is 3.29. The lowest BCUT2D eigenvalue weighted by Gasteiger charge is -2.13. The van der Waals surface area contributed by atoms with E-state index in [-0.39, 0.29) is 11.5 Å². The number of nitrogens with two attached hydrogens (primary N) is 1. The summed E-state index contributed by atoms with van der Waals surface area (Å²) in [5.41, 5.74) is 3.53. The number of nitro groups is 1. The molecule has 0 fully saturated rings. The summed E-state index contributed by atoms with van der Waals surface area (Å²) in [7, 11) is 0. The van der Waals surface area contributed by atoms with Crippen molar-refractivity contribution in [3.63, 3.8) is 0 Å². The lowest BCUT2D eigenvalue weighted by Crippen LogP contribution is -2.31. The molecule has 3 rings (SSSR count). The van der Waals surface area contributed by atoms with Gasteiger partial charge in [-0.1, -0.05) is 6.07 Å². The van der Waals surface area contributed by atoms with Gasteiger partial charge >= 0.3 is 6.23 Å². The molecule has 2 heterocycles. The highest BCUT2D eigenvalue weighted by Gasteiger charge is 2.49. The molecule has 0 radical (unpaired) electrons. The first kappa shape index (κ1) is 13.9. The van der Waals surface area contributed by atoms with Gasteiger partial charge in [0.2, 0.25) is 11.8 Å². The first-order chi connectivity index (χ1) is 10.4. The Labute approximate surface area is 120 Å². The fourth-order valence-corrected chi connectivity index (χ4v) is 2.43. The van der Waals surface area contributed by atoms with E-state index in [0.717, 1.165) is 18.2 Å². The predicted molar refractivity (Wildman–Crippen MR) is 68.9 cm³/mol. The van der Waals surface area contributed by atoms with Gasteiger partial charge in [-0.15, -0.1) is 0 Å². The Balaban J connectivity index is 2.29. The van der Waals surface area contributed by atoms with Gasteiger partial charge < -0.3 is 10.5 Å². The molecule has 0 aliphatic carbocycles.